The summed E-state index contributed by atoms with van der Waals surface area (Å²) in [5, 5.41) is 19.2. The monoisotopic (exact) mass is 278 g/mol. The fraction of sp³-hybridized carbons (Fsp3) is 0.500. The van der Waals surface area contributed by atoms with Gasteiger partial charge in [-0.3, -0.25) is 4.90 Å². The number of ether oxygens (including phenoxy) is 1. The summed E-state index contributed by atoms with van der Waals surface area (Å²) in [5.41, 5.74) is 0.982. The van der Waals surface area contributed by atoms with E-state index in [0.717, 1.165) is 11.3 Å². The number of hydrogen-bond donors (Lipinski definition) is 2. The van der Waals surface area contributed by atoms with Crippen LogP contribution in [-0.4, -0.2) is 65.0 Å². The summed E-state index contributed by atoms with van der Waals surface area (Å²) < 4.78 is 5.53. The zero-order valence-corrected chi connectivity index (χ0v) is 11.1. The maximum atomic E-state index is 10.9. The molecule has 2 atom stereocenters. The number of fused-ring (bicyclic) bond motifs is 1. The van der Waals surface area contributed by atoms with Crippen molar-refractivity contribution in [3.63, 3.8) is 0 Å². The first-order chi connectivity index (χ1) is 9.66. The molecule has 6 nitrogen and oxygen atoms in total. The molecule has 0 aliphatic carbocycles. The lowest BCUT2D eigenvalue weighted by Crippen LogP contribution is -2.52. The number of hydrogen-bond acceptors (Lipinski definition) is 4. The molecule has 6 heteroatoms. The number of carboxylic acid groups (broad SMARTS) is 1. The zero-order chi connectivity index (χ0) is 14.1. The van der Waals surface area contributed by atoms with Crippen molar-refractivity contribution in [2.24, 2.45) is 0 Å². The highest BCUT2D eigenvalue weighted by Crippen LogP contribution is 2.36. The van der Waals surface area contributed by atoms with E-state index in [1.54, 1.807) is 0 Å². The highest BCUT2D eigenvalue weighted by Gasteiger charge is 2.36. The molecule has 2 unspecified atom stereocenters. The van der Waals surface area contributed by atoms with Crippen LogP contribution < -0.4 is 4.74 Å². The standard InChI is InChI=1S/C14H18N2O4/c17-11-9-20-12-4-2-1-3-10(12)13(11)15-5-7-16(8-6-15)14(18)19/h1-4,11,13,17H,5-9H2,(H,18,19). The van der Waals surface area contributed by atoms with Crippen LogP contribution in [0.5, 0.6) is 5.75 Å². The SMILES string of the molecule is O=C(O)N1CCN(C2c3ccccc3OCC2O)CC1. The van der Waals surface area contributed by atoms with Gasteiger partial charge in [-0.2, -0.15) is 0 Å². The van der Waals surface area contributed by atoms with E-state index in [9.17, 15) is 9.90 Å². The fourth-order valence-corrected chi connectivity index (χ4v) is 2.96. The molecule has 3 rings (SSSR count). The van der Waals surface area contributed by atoms with Gasteiger partial charge in [-0.15, -0.1) is 0 Å². The van der Waals surface area contributed by atoms with Gasteiger partial charge in [0.05, 0.1) is 6.04 Å². The Bertz CT molecular complexity index is 500. The number of piperazine rings is 1. The van der Waals surface area contributed by atoms with Gasteiger partial charge in [0.15, 0.2) is 0 Å². The van der Waals surface area contributed by atoms with Crippen molar-refractivity contribution >= 4 is 6.09 Å². The van der Waals surface area contributed by atoms with Crippen molar-refractivity contribution in [3.05, 3.63) is 29.8 Å². The Balaban J connectivity index is 1.79. The lowest BCUT2D eigenvalue weighted by atomic mass is 9.96. The number of benzene rings is 1. The number of para-hydroxylation sites is 1. The molecule has 2 aliphatic heterocycles. The Hall–Kier alpha value is -1.79. The summed E-state index contributed by atoms with van der Waals surface area (Å²) >= 11 is 0. The molecule has 0 spiro atoms. The summed E-state index contributed by atoms with van der Waals surface area (Å²) in [4.78, 5) is 14.5. The van der Waals surface area contributed by atoms with Crippen LogP contribution in [0.2, 0.25) is 0 Å². The van der Waals surface area contributed by atoms with Crippen LogP contribution in [0.3, 0.4) is 0 Å². The van der Waals surface area contributed by atoms with Gasteiger partial charge in [0, 0.05) is 31.7 Å². The third-order valence-corrected chi connectivity index (χ3v) is 3.99. The maximum absolute atomic E-state index is 10.9. The van der Waals surface area contributed by atoms with Gasteiger partial charge < -0.3 is 19.8 Å². The first-order valence-corrected chi connectivity index (χ1v) is 6.78. The average molecular weight is 278 g/mol. The van der Waals surface area contributed by atoms with Crippen LogP contribution in [0, 0.1) is 0 Å². The second-order valence-electron chi connectivity index (χ2n) is 5.17. The molecule has 108 valence electrons. The average Bonchev–Trinajstić information content (AvgIpc) is 2.47. The molecule has 2 N–H and O–H groups in total. The lowest BCUT2D eigenvalue weighted by Gasteiger charge is -2.42. The number of aliphatic hydroxyl groups is 1. The molecule has 2 aliphatic rings. The number of nitrogens with zero attached hydrogens (tertiary/aromatic N) is 2. The highest BCUT2D eigenvalue weighted by molar-refractivity contribution is 5.65. The van der Waals surface area contributed by atoms with Crippen molar-refractivity contribution < 1.29 is 19.7 Å². The summed E-state index contributed by atoms with van der Waals surface area (Å²) in [6.07, 6.45) is -1.46. The van der Waals surface area contributed by atoms with Crippen molar-refractivity contribution in [1.82, 2.24) is 9.80 Å². The van der Waals surface area contributed by atoms with Gasteiger partial charge in [-0.05, 0) is 6.07 Å². The molecule has 0 bridgehead atoms. The largest absolute Gasteiger partial charge is 0.490 e. The number of amides is 1. The van der Waals surface area contributed by atoms with E-state index in [2.05, 4.69) is 4.90 Å². The summed E-state index contributed by atoms with van der Waals surface area (Å²) in [7, 11) is 0. The van der Waals surface area contributed by atoms with Gasteiger partial charge in [0.25, 0.3) is 0 Å². The van der Waals surface area contributed by atoms with Crippen LogP contribution in [-0.2, 0) is 0 Å². The van der Waals surface area contributed by atoms with Crippen molar-refractivity contribution in [2.45, 2.75) is 12.1 Å². The molecule has 1 aromatic carbocycles. The molecule has 1 amide bonds. The summed E-state index contributed by atoms with van der Waals surface area (Å²) in [6, 6.07) is 7.60. The molecular formula is C14H18N2O4. The third-order valence-electron chi connectivity index (χ3n) is 3.99. The maximum Gasteiger partial charge on any atom is 0.407 e. The van der Waals surface area contributed by atoms with E-state index in [1.807, 2.05) is 24.3 Å². The zero-order valence-electron chi connectivity index (χ0n) is 11.1. The van der Waals surface area contributed by atoms with Gasteiger partial charge in [-0.25, -0.2) is 4.79 Å². The smallest absolute Gasteiger partial charge is 0.407 e. The van der Waals surface area contributed by atoms with Crippen LogP contribution in [0.15, 0.2) is 24.3 Å². The quantitative estimate of drug-likeness (QED) is 0.794. The number of carbonyl (C=O) groups is 1. The van der Waals surface area contributed by atoms with E-state index in [-0.39, 0.29) is 12.6 Å². The van der Waals surface area contributed by atoms with Crippen LogP contribution >= 0.6 is 0 Å². The predicted octanol–water partition coefficient (Wildman–Crippen LogP) is 0.777. The summed E-state index contributed by atoms with van der Waals surface area (Å²) in [6.45, 7) is 2.48. The lowest BCUT2D eigenvalue weighted by molar-refractivity contribution is -0.0159. The van der Waals surface area contributed by atoms with Gasteiger partial charge in [0.2, 0.25) is 0 Å². The van der Waals surface area contributed by atoms with Crippen molar-refractivity contribution in [3.8, 4) is 5.75 Å². The van der Waals surface area contributed by atoms with E-state index in [4.69, 9.17) is 9.84 Å². The Morgan fingerprint density at radius 2 is 1.90 bits per heavy atom. The molecule has 20 heavy (non-hydrogen) atoms. The second kappa shape index (κ2) is 5.30. The van der Waals surface area contributed by atoms with E-state index in [0.29, 0.717) is 26.2 Å². The molecule has 1 fully saturated rings. The normalized spacial score (nSPS) is 26.8. The van der Waals surface area contributed by atoms with E-state index in [1.165, 1.54) is 4.90 Å². The molecule has 1 aromatic rings. The first-order valence-electron chi connectivity index (χ1n) is 6.78. The topological polar surface area (TPSA) is 73.2 Å². The molecule has 0 saturated carbocycles. The minimum Gasteiger partial charge on any atom is -0.490 e. The van der Waals surface area contributed by atoms with E-state index < -0.39 is 12.2 Å². The Morgan fingerprint density at radius 1 is 1.20 bits per heavy atom. The molecule has 0 aromatic heterocycles. The van der Waals surface area contributed by atoms with Crippen LogP contribution in [0.1, 0.15) is 11.6 Å². The van der Waals surface area contributed by atoms with Crippen molar-refractivity contribution in [1.29, 1.82) is 0 Å². The molecule has 1 saturated heterocycles. The predicted molar refractivity (Wildman–Crippen MR) is 71.9 cm³/mol. The minimum atomic E-state index is -0.877. The third kappa shape index (κ3) is 2.32. The Kier molecular flexibility index (Phi) is 3.50. The van der Waals surface area contributed by atoms with Crippen molar-refractivity contribution in [2.75, 3.05) is 32.8 Å². The van der Waals surface area contributed by atoms with Gasteiger partial charge in [0.1, 0.15) is 18.5 Å². The Morgan fingerprint density at radius 3 is 2.60 bits per heavy atom. The first kappa shape index (κ1) is 13.2. The number of rotatable bonds is 1. The summed E-state index contributed by atoms with van der Waals surface area (Å²) in [5.74, 6) is 0.809. The number of aliphatic hydroxyl groups excluding tert-OH is 1. The van der Waals surface area contributed by atoms with Gasteiger partial charge >= 0.3 is 6.09 Å². The van der Waals surface area contributed by atoms with Crippen LogP contribution in [0.4, 0.5) is 4.79 Å². The Labute approximate surface area is 117 Å². The minimum absolute atomic E-state index is 0.115. The molecule has 2 heterocycles. The second-order valence-corrected chi connectivity index (χ2v) is 5.17. The van der Waals surface area contributed by atoms with Gasteiger partial charge in [-0.1, -0.05) is 18.2 Å². The highest BCUT2D eigenvalue weighted by atomic mass is 16.5. The fourth-order valence-electron chi connectivity index (χ4n) is 2.96. The molecule has 0 radical (unpaired) electrons. The van der Waals surface area contributed by atoms with Crippen LogP contribution in [0.25, 0.3) is 0 Å². The van der Waals surface area contributed by atoms with E-state index >= 15 is 0 Å². The molecular weight excluding hydrogens is 260 g/mol.